The molecule has 0 spiro atoms. The van der Waals surface area contributed by atoms with Crippen LogP contribution in [-0.4, -0.2) is 0 Å². The van der Waals surface area contributed by atoms with Crippen molar-refractivity contribution >= 4 is 71.3 Å². The number of fused-ring (bicyclic) bond motifs is 8. The second-order valence-electron chi connectivity index (χ2n) is 11.3. The number of furan rings is 1. The summed E-state index contributed by atoms with van der Waals surface area (Å²) in [6, 6.07) is 58.5. The van der Waals surface area contributed by atoms with Crippen LogP contribution in [0.3, 0.4) is 0 Å². The quantitative estimate of drug-likeness (QED) is 0.199. The van der Waals surface area contributed by atoms with Crippen LogP contribution in [0.4, 0.5) is 17.1 Å². The highest BCUT2D eigenvalue weighted by atomic mass is 16.3. The summed E-state index contributed by atoms with van der Waals surface area (Å²) in [6.07, 6.45) is 0. The van der Waals surface area contributed by atoms with Crippen molar-refractivity contribution < 1.29 is 4.42 Å². The molecule has 0 aliphatic carbocycles. The number of hydrogen-bond acceptors (Lipinski definition) is 2. The van der Waals surface area contributed by atoms with Crippen molar-refractivity contribution in [3.05, 3.63) is 164 Å². The number of rotatable bonds is 4. The SMILES string of the molecule is c1ccc(N(c2ccccc2-c2cccc3oc4c5ccccc5ccc4c23)c2cccc3c2ccc2ccccc23)cc1. The Bertz CT molecular complexity index is 2510. The lowest BCUT2D eigenvalue weighted by molar-refractivity contribution is 0.673. The zero-order valence-corrected chi connectivity index (χ0v) is 23.9. The van der Waals surface area contributed by atoms with E-state index in [2.05, 4.69) is 169 Å². The molecular weight excluding hydrogens is 534 g/mol. The van der Waals surface area contributed by atoms with E-state index in [0.717, 1.165) is 55.5 Å². The third-order valence-electron chi connectivity index (χ3n) is 8.84. The molecule has 2 nitrogen and oxygen atoms in total. The van der Waals surface area contributed by atoms with E-state index in [1.165, 1.54) is 26.9 Å². The van der Waals surface area contributed by atoms with E-state index in [9.17, 15) is 0 Å². The molecule has 0 aliphatic heterocycles. The molecule has 1 heterocycles. The Kier molecular flexibility index (Phi) is 5.54. The molecule has 0 radical (unpaired) electrons. The highest BCUT2D eigenvalue weighted by molar-refractivity contribution is 6.20. The topological polar surface area (TPSA) is 16.4 Å². The number of anilines is 3. The fourth-order valence-electron chi connectivity index (χ4n) is 6.88. The van der Waals surface area contributed by atoms with Gasteiger partial charge in [-0.05, 0) is 63.5 Å². The molecule has 206 valence electrons. The van der Waals surface area contributed by atoms with Crippen LogP contribution < -0.4 is 4.90 Å². The van der Waals surface area contributed by atoms with Crippen LogP contribution >= 0.6 is 0 Å². The van der Waals surface area contributed by atoms with Gasteiger partial charge in [-0.15, -0.1) is 0 Å². The Balaban J connectivity index is 1.34. The minimum absolute atomic E-state index is 0.895. The molecule has 1 aromatic heterocycles. The molecule has 9 aromatic rings. The smallest absolute Gasteiger partial charge is 0.143 e. The van der Waals surface area contributed by atoms with Crippen LogP contribution in [0.25, 0.3) is 65.4 Å². The Hall–Kier alpha value is -5.86. The van der Waals surface area contributed by atoms with Gasteiger partial charge in [0.05, 0.1) is 11.4 Å². The summed E-state index contributed by atoms with van der Waals surface area (Å²) in [5.74, 6) is 0. The van der Waals surface area contributed by atoms with Crippen molar-refractivity contribution in [2.75, 3.05) is 4.90 Å². The van der Waals surface area contributed by atoms with Gasteiger partial charge in [-0.2, -0.15) is 0 Å². The molecule has 9 rings (SSSR count). The van der Waals surface area contributed by atoms with Gasteiger partial charge < -0.3 is 9.32 Å². The van der Waals surface area contributed by atoms with Crippen molar-refractivity contribution in [2.45, 2.75) is 0 Å². The maximum atomic E-state index is 6.58. The summed E-state index contributed by atoms with van der Waals surface area (Å²) in [5, 5.41) is 9.54. The first-order chi connectivity index (χ1) is 21.8. The van der Waals surface area contributed by atoms with Crippen LogP contribution in [0.15, 0.2) is 168 Å². The maximum absolute atomic E-state index is 6.58. The fourth-order valence-corrected chi connectivity index (χ4v) is 6.88. The molecule has 0 N–H and O–H groups in total. The zero-order valence-electron chi connectivity index (χ0n) is 23.9. The predicted molar refractivity (Wildman–Crippen MR) is 186 cm³/mol. The average Bonchev–Trinajstić information content (AvgIpc) is 3.49. The third-order valence-corrected chi connectivity index (χ3v) is 8.84. The van der Waals surface area contributed by atoms with Gasteiger partial charge in [0.15, 0.2) is 0 Å². The van der Waals surface area contributed by atoms with Gasteiger partial charge in [0, 0.05) is 32.8 Å². The number of hydrogen-bond donors (Lipinski definition) is 0. The lowest BCUT2D eigenvalue weighted by atomic mass is 9.95. The van der Waals surface area contributed by atoms with Gasteiger partial charge >= 0.3 is 0 Å². The molecule has 0 bridgehead atoms. The highest BCUT2D eigenvalue weighted by Gasteiger charge is 2.22. The summed E-state index contributed by atoms with van der Waals surface area (Å²) < 4.78 is 6.58. The van der Waals surface area contributed by atoms with Crippen LogP contribution in [0, 0.1) is 0 Å². The Labute approximate surface area is 255 Å². The van der Waals surface area contributed by atoms with Gasteiger partial charge in [-0.25, -0.2) is 0 Å². The normalized spacial score (nSPS) is 11.6. The lowest BCUT2D eigenvalue weighted by Gasteiger charge is -2.29. The molecule has 0 aliphatic rings. The molecule has 2 heteroatoms. The highest BCUT2D eigenvalue weighted by Crippen LogP contribution is 2.47. The zero-order chi connectivity index (χ0) is 29.0. The minimum atomic E-state index is 0.895. The maximum Gasteiger partial charge on any atom is 0.143 e. The minimum Gasteiger partial charge on any atom is -0.455 e. The van der Waals surface area contributed by atoms with Gasteiger partial charge in [0.1, 0.15) is 11.2 Å². The van der Waals surface area contributed by atoms with Crippen molar-refractivity contribution in [1.82, 2.24) is 0 Å². The van der Waals surface area contributed by atoms with Crippen molar-refractivity contribution in [2.24, 2.45) is 0 Å². The fraction of sp³-hybridized carbons (Fsp3) is 0. The lowest BCUT2D eigenvalue weighted by Crippen LogP contribution is -2.11. The first-order valence-electron chi connectivity index (χ1n) is 15.0. The largest absolute Gasteiger partial charge is 0.455 e. The molecule has 44 heavy (non-hydrogen) atoms. The molecule has 0 saturated heterocycles. The van der Waals surface area contributed by atoms with E-state index in [1.807, 2.05) is 0 Å². The first-order valence-corrected chi connectivity index (χ1v) is 15.0. The standard InChI is InChI=1S/C42H27NO/c1-2-14-30(15-3-1)43(39-22-10-19-33-31-16-6-4-12-28(31)24-26-35(33)39)38-21-9-8-18-34(38)36-20-11-23-40-41(36)37-27-25-29-13-5-7-17-32(29)42(37)44-40/h1-27H. The van der Waals surface area contributed by atoms with Crippen molar-refractivity contribution in [1.29, 1.82) is 0 Å². The molecule has 0 saturated carbocycles. The van der Waals surface area contributed by atoms with Crippen LogP contribution in [0.1, 0.15) is 0 Å². The van der Waals surface area contributed by atoms with Crippen LogP contribution in [0.5, 0.6) is 0 Å². The first kappa shape index (κ1) is 24.7. The Morgan fingerprint density at radius 1 is 0.364 bits per heavy atom. The molecular formula is C42H27NO. The average molecular weight is 562 g/mol. The monoisotopic (exact) mass is 561 g/mol. The summed E-state index contributed by atoms with van der Waals surface area (Å²) in [7, 11) is 0. The second-order valence-corrected chi connectivity index (χ2v) is 11.3. The molecule has 0 fully saturated rings. The van der Waals surface area contributed by atoms with Crippen molar-refractivity contribution in [3.63, 3.8) is 0 Å². The Morgan fingerprint density at radius 3 is 1.84 bits per heavy atom. The van der Waals surface area contributed by atoms with E-state index in [0.29, 0.717) is 0 Å². The summed E-state index contributed by atoms with van der Waals surface area (Å²) >= 11 is 0. The molecule has 0 amide bonds. The van der Waals surface area contributed by atoms with Gasteiger partial charge in [-0.1, -0.05) is 127 Å². The molecule has 8 aromatic carbocycles. The van der Waals surface area contributed by atoms with Gasteiger partial charge in [0.2, 0.25) is 0 Å². The summed E-state index contributed by atoms with van der Waals surface area (Å²) in [5.41, 5.74) is 7.49. The van der Waals surface area contributed by atoms with E-state index in [4.69, 9.17) is 4.42 Å². The van der Waals surface area contributed by atoms with Crippen LogP contribution in [-0.2, 0) is 0 Å². The third kappa shape index (κ3) is 3.75. The second kappa shape index (κ2) is 9.86. The van der Waals surface area contributed by atoms with E-state index in [-0.39, 0.29) is 0 Å². The van der Waals surface area contributed by atoms with E-state index in [1.54, 1.807) is 0 Å². The van der Waals surface area contributed by atoms with Gasteiger partial charge in [-0.3, -0.25) is 0 Å². The number of para-hydroxylation sites is 2. The van der Waals surface area contributed by atoms with Crippen molar-refractivity contribution in [3.8, 4) is 11.1 Å². The summed E-state index contributed by atoms with van der Waals surface area (Å²) in [4.78, 5) is 2.41. The van der Waals surface area contributed by atoms with Gasteiger partial charge in [0.25, 0.3) is 0 Å². The predicted octanol–water partition coefficient (Wildman–Crippen LogP) is 12.2. The number of nitrogens with zero attached hydrogens (tertiary/aromatic N) is 1. The van der Waals surface area contributed by atoms with E-state index >= 15 is 0 Å². The Morgan fingerprint density at radius 2 is 0.977 bits per heavy atom. The van der Waals surface area contributed by atoms with Crippen LogP contribution in [0.2, 0.25) is 0 Å². The number of benzene rings is 8. The molecule has 0 unspecified atom stereocenters. The van der Waals surface area contributed by atoms with E-state index < -0.39 is 0 Å². The summed E-state index contributed by atoms with van der Waals surface area (Å²) in [6.45, 7) is 0. The molecule has 0 atom stereocenters.